The number of thioether (sulfide) groups is 1. The van der Waals surface area contributed by atoms with Gasteiger partial charge in [0, 0.05) is 6.42 Å². The Bertz CT molecular complexity index is 1380. The van der Waals surface area contributed by atoms with Crippen LogP contribution in [0.2, 0.25) is 5.28 Å². The highest BCUT2D eigenvalue weighted by Gasteiger charge is 2.80. The van der Waals surface area contributed by atoms with Gasteiger partial charge in [-0.25, -0.2) is 23.9 Å². The van der Waals surface area contributed by atoms with Crippen molar-refractivity contribution in [1.29, 1.82) is 0 Å². The standard InChI is InChI=1S/C25H26ClFN4O7S/c1-2-3-7-10-39-19-14-18(29-23(26)30-19)31(12-28-14)20-15(27)25(36)16(37-20)17(25)38-24(21(32)33,22(34)35)11-13-8-5-4-6-9-13/h4-6,8-9,12,15-17,20,36H,2-3,7,10-11H2,1H3,(H,32,33)(H,34,35)/t15-,16-,17?,20-,25+/m1/s1. The van der Waals surface area contributed by atoms with Gasteiger partial charge in [0.15, 0.2) is 23.6 Å². The number of hydrogen-bond donors (Lipinski definition) is 3. The Morgan fingerprint density at radius 1 is 1.23 bits per heavy atom. The summed E-state index contributed by atoms with van der Waals surface area (Å²) in [6.45, 7) is 2.10. The van der Waals surface area contributed by atoms with Crippen molar-refractivity contribution in [2.24, 2.45) is 0 Å². The molecule has 0 bridgehead atoms. The quantitative estimate of drug-likeness (QED) is 0.0949. The van der Waals surface area contributed by atoms with E-state index in [0.29, 0.717) is 16.1 Å². The van der Waals surface area contributed by atoms with E-state index in [2.05, 4.69) is 21.9 Å². The van der Waals surface area contributed by atoms with Crippen LogP contribution in [0, 0.1) is 0 Å². The minimum Gasteiger partial charge on any atom is -0.479 e. The number of imidazole rings is 1. The number of unbranched alkanes of at least 4 members (excludes halogenated alkanes) is 2. The van der Waals surface area contributed by atoms with E-state index in [4.69, 9.17) is 21.1 Å². The van der Waals surface area contributed by atoms with Crippen LogP contribution in [0.4, 0.5) is 4.39 Å². The highest BCUT2D eigenvalue weighted by atomic mass is 35.5. The second-order valence-corrected chi connectivity index (χ2v) is 11.0. The summed E-state index contributed by atoms with van der Waals surface area (Å²) in [7, 11) is 0. The van der Waals surface area contributed by atoms with Crippen molar-refractivity contribution < 1.29 is 38.8 Å². The minimum atomic E-state index is -2.77. The first kappa shape index (κ1) is 27.7. The Morgan fingerprint density at radius 3 is 2.56 bits per heavy atom. The largest absolute Gasteiger partial charge is 0.479 e. The predicted octanol–water partition coefficient (Wildman–Crippen LogP) is 3.28. The van der Waals surface area contributed by atoms with Crippen LogP contribution in [0.5, 0.6) is 0 Å². The van der Waals surface area contributed by atoms with E-state index < -0.39 is 54.2 Å². The first-order chi connectivity index (χ1) is 18.6. The van der Waals surface area contributed by atoms with Crippen LogP contribution in [0.25, 0.3) is 11.2 Å². The molecule has 3 N–H and O–H groups in total. The molecule has 1 saturated heterocycles. The Kier molecular flexibility index (Phi) is 7.55. The maximum absolute atomic E-state index is 15.8. The van der Waals surface area contributed by atoms with Crippen molar-refractivity contribution in [3.8, 4) is 0 Å². The molecule has 39 heavy (non-hydrogen) atoms. The monoisotopic (exact) mass is 580 g/mol. The summed E-state index contributed by atoms with van der Waals surface area (Å²) in [5.41, 5.74) is -4.06. The van der Waals surface area contributed by atoms with Crippen LogP contribution in [-0.4, -0.2) is 82.1 Å². The molecule has 5 rings (SSSR count). The number of hydrogen-bond acceptors (Lipinski definition) is 9. The van der Waals surface area contributed by atoms with E-state index in [0.717, 1.165) is 25.0 Å². The fourth-order valence-electron chi connectivity index (χ4n) is 4.79. The lowest BCUT2D eigenvalue weighted by Gasteiger charge is -2.28. The number of carboxylic acids is 2. The van der Waals surface area contributed by atoms with Gasteiger partial charge < -0.3 is 24.8 Å². The molecule has 2 aromatic heterocycles. The van der Waals surface area contributed by atoms with Crippen molar-refractivity contribution in [1.82, 2.24) is 19.5 Å². The summed E-state index contributed by atoms with van der Waals surface area (Å²) in [4.78, 5) is 37.0. The van der Waals surface area contributed by atoms with Crippen molar-refractivity contribution in [2.75, 3.05) is 5.75 Å². The van der Waals surface area contributed by atoms with Crippen LogP contribution in [0.15, 0.2) is 41.7 Å². The van der Waals surface area contributed by atoms with Crippen LogP contribution in [0.1, 0.15) is 38.0 Å². The third-order valence-electron chi connectivity index (χ3n) is 6.99. The fraction of sp³-hybridized carbons (Fsp3) is 0.480. The van der Waals surface area contributed by atoms with E-state index >= 15 is 4.39 Å². The zero-order chi connectivity index (χ0) is 27.9. The van der Waals surface area contributed by atoms with Gasteiger partial charge in [-0.3, -0.25) is 4.57 Å². The second kappa shape index (κ2) is 10.6. The summed E-state index contributed by atoms with van der Waals surface area (Å²) in [5.74, 6) is -2.78. The maximum Gasteiger partial charge on any atom is 0.348 e. The zero-order valence-corrected chi connectivity index (χ0v) is 22.3. The van der Waals surface area contributed by atoms with Crippen LogP contribution < -0.4 is 0 Å². The molecule has 0 radical (unpaired) electrons. The van der Waals surface area contributed by atoms with E-state index in [9.17, 15) is 24.9 Å². The molecule has 5 atom stereocenters. The Morgan fingerprint density at radius 2 is 1.95 bits per heavy atom. The molecule has 0 spiro atoms. The highest BCUT2D eigenvalue weighted by molar-refractivity contribution is 7.99. The third-order valence-corrected chi connectivity index (χ3v) is 8.21. The average molecular weight is 581 g/mol. The normalized spacial score (nSPS) is 26.1. The van der Waals surface area contributed by atoms with Crippen molar-refractivity contribution in [3.05, 3.63) is 47.5 Å². The Balaban J connectivity index is 1.37. The summed E-state index contributed by atoms with van der Waals surface area (Å²) in [5, 5.41) is 31.3. The van der Waals surface area contributed by atoms with Crippen LogP contribution >= 0.6 is 23.4 Å². The molecule has 14 heteroatoms. The summed E-state index contributed by atoms with van der Waals surface area (Å²) in [6, 6.07) is 8.02. The maximum atomic E-state index is 15.8. The van der Waals surface area contributed by atoms with Gasteiger partial charge in [-0.1, -0.05) is 50.1 Å². The molecule has 1 aliphatic carbocycles. The number of rotatable bonds is 12. The molecule has 3 aromatic rings. The number of fused-ring (bicyclic) bond motifs is 2. The molecule has 1 aliphatic heterocycles. The number of aromatic nitrogens is 4. The number of halogens is 2. The van der Waals surface area contributed by atoms with Gasteiger partial charge in [-0.15, -0.1) is 11.8 Å². The molecule has 1 saturated carbocycles. The highest BCUT2D eigenvalue weighted by Crippen LogP contribution is 2.58. The lowest BCUT2D eigenvalue weighted by atomic mass is 9.94. The van der Waals surface area contributed by atoms with Gasteiger partial charge in [-0.2, -0.15) is 4.98 Å². The lowest BCUT2D eigenvalue weighted by Crippen LogP contribution is -2.53. The molecule has 11 nitrogen and oxygen atoms in total. The van der Waals surface area contributed by atoms with E-state index in [1.165, 1.54) is 22.7 Å². The Hall–Kier alpha value is -2.84. The average Bonchev–Trinajstić information content (AvgIpc) is 3.14. The van der Waals surface area contributed by atoms with E-state index in [-0.39, 0.29) is 10.9 Å². The van der Waals surface area contributed by atoms with Gasteiger partial charge in [0.1, 0.15) is 22.8 Å². The van der Waals surface area contributed by atoms with Gasteiger partial charge in [0.05, 0.1) is 6.33 Å². The van der Waals surface area contributed by atoms with E-state index in [1.807, 2.05) is 0 Å². The summed E-state index contributed by atoms with van der Waals surface area (Å²) >= 11 is 7.59. The molecule has 1 unspecified atom stereocenters. The number of benzene rings is 1. The molecule has 3 heterocycles. The number of alkyl halides is 1. The molecular weight excluding hydrogens is 555 g/mol. The first-order valence-corrected chi connectivity index (χ1v) is 13.7. The number of carboxylic acid groups (broad SMARTS) is 2. The molecule has 208 valence electrons. The fourth-order valence-corrected chi connectivity index (χ4v) is 5.98. The smallest absolute Gasteiger partial charge is 0.348 e. The predicted molar refractivity (Wildman–Crippen MR) is 137 cm³/mol. The molecule has 1 aromatic carbocycles. The topological polar surface area (TPSA) is 157 Å². The Labute approximate surface area is 231 Å². The van der Waals surface area contributed by atoms with Crippen LogP contribution in [-0.2, 0) is 25.5 Å². The van der Waals surface area contributed by atoms with Gasteiger partial charge in [-0.05, 0) is 29.3 Å². The second-order valence-electron chi connectivity index (χ2n) is 9.55. The van der Waals surface area contributed by atoms with Gasteiger partial charge >= 0.3 is 11.9 Å². The molecular formula is C25H26ClFN4O7S. The molecule has 2 aliphatic rings. The van der Waals surface area contributed by atoms with Crippen LogP contribution in [0.3, 0.4) is 0 Å². The summed E-state index contributed by atoms with van der Waals surface area (Å²) in [6.07, 6.45) is -2.49. The number of carbonyl (C=O) groups is 2. The third kappa shape index (κ3) is 4.76. The minimum absolute atomic E-state index is 0.0608. The lowest BCUT2D eigenvalue weighted by molar-refractivity contribution is -0.194. The number of aliphatic hydroxyl groups is 1. The number of aliphatic carboxylic acids is 2. The van der Waals surface area contributed by atoms with Gasteiger partial charge in [0.25, 0.3) is 5.60 Å². The molecule has 0 amide bonds. The molecule has 2 fully saturated rings. The summed E-state index contributed by atoms with van der Waals surface area (Å²) < 4.78 is 28.3. The van der Waals surface area contributed by atoms with Crippen molar-refractivity contribution >= 4 is 46.5 Å². The SMILES string of the molecule is CCCCCSc1nc(Cl)nc2c1ncn2[C@@H]1O[C@@H]2C(OC(Cc3ccccc3)(C(=O)O)C(=O)O)[C@]2(O)[C@@H]1F. The first-order valence-electron chi connectivity index (χ1n) is 12.4. The van der Waals surface area contributed by atoms with Crippen molar-refractivity contribution in [2.45, 2.75) is 73.4 Å². The van der Waals surface area contributed by atoms with Crippen molar-refractivity contribution in [3.63, 3.8) is 0 Å². The number of ether oxygens (including phenoxy) is 2. The van der Waals surface area contributed by atoms with E-state index in [1.54, 1.807) is 30.3 Å². The zero-order valence-electron chi connectivity index (χ0n) is 20.7. The van der Waals surface area contributed by atoms with Gasteiger partial charge in [0.2, 0.25) is 5.28 Å². The number of nitrogens with zero attached hydrogens (tertiary/aromatic N) is 4.